The largest absolute Gasteiger partial charge is 0.394 e. The fraction of sp³-hybridized carbons (Fsp3) is 0.956. The molecule has 4 aliphatic carbocycles. The number of ether oxygens (including phenoxy) is 8. The van der Waals surface area contributed by atoms with Crippen LogP contribution in [-0.4, -0.2) is 176 Å². The Bertz CT molecular complexity index is 1610. The highest BCUT2D eigenvalue weighted by molar-refractivity contribution is 5.26. The molecule has 1 spiro atoms. The van der Waals surface area contributed by atoms with E-state index in [2.05, 4.69) is 33.8 Å². The number of rotatable bonds is 8. The van der Waals surface area contributed by atoms with E-state index in [1.54, 1.807) is 0 Å². The van der Waals surface area contributed by atoms with E-state index in [-0.39, 0.29) is 16.9 Å². The van der Waals surface area contributed by atoms with Crippen molar-refractivity contribution in [3.8, 4) is 0 Å². The Morgan fingerprint density at radius 1 is 0.677 bits per heavy atom. The topological polar surface area (TPSA) is 256 Å². The zero-order valence-corrected chi connectivity index (χ0v) is 36.6. The molecule has 5 saturated heterocycles. The van der Waals surface area contributed by atoms with Gasteiger partial charge >= 0.3 is 0 Å². The van der Waals surface area contributed by atoms with Crippen molar-refractivity contribution in [1.82, 2.24) is 0 Å². The molecule has 0 amide bonds. The number of hydrogen-bond acceptors (Lipinski definition) is 17. The molecule has 0 radical (unpaired) electrons. The lowest BCUT2D eigenvalue weighted by Crippen LogP contribution is -2.67. The van der Waals surface area contributed by atoms with Crippen LogP contribution in [0.5, 0.6) is 0 Å². The number of allylic oxidation sites excluding steroid dienone is 1. The number of aliphatic hydroxyl groups excluding tert-OH is 9. The molecule has 9 rings (SSSR count). The third-order valence-electron chi connectivity index (χ3n) is 17.7. The van der Waals surface area contributed by atoms with E-state index < -0.39 is 117 Å². The molecule has 5 aliphatic heterocycles. The predicted octanol–water partition coefficient (Wildman–Crippen LogP) is 0.214. The lowest BCUT2D eigenvalue weighted by molar-refractivity contribution is -0.394. The molecule has 3 saturated carbocycles. The molecule has 17 nitrogen and oxygen atoms in total. The third kappa shape index (κ3) is 7.49. The monoisotopic (exact) mass is 884 g/mol. The van der Waals surface area contributed by atoms with Crippen LogP contribution in [0.4, 0.5) is 0 Å². The van der Waals surface area contributed by atoms with Gasteiger partial charge in [-0.2, -0.15) is 0 Å². The van der Waals surface area contributed by atoms with E-state index in [1.807, 2.05) is 0 Å². The van der Waals surface area contributed by atoms with Crippen LogP contribution in [0.1, 0.15) is 92.4 Å². The number of aliphatic hydroxyl groups is 9. The molecule has 5 heterocycles. The summed E-state index contributed by atoms with van der Waals surface area (Å²) in [5, 5.41) is 95.8. The van der Waals surface area contributed by atoms with Crippen LogP contribution in [0, 0.1) is 46.3 Å². The van der Waals surface area contributed by atoms with Gasteiger partial charge in [0.15, 0.2) is 24.7 Å². The van der Waals surface area contributed by atoms with E-state index in [9.17, 15) is 46.0 Å². The van der Waals surface area contributed by atoms with E-state index in [4.69, 9.17) is 37.9 Å². The first kappa shape index (κ1) is 46.2. The second-order valence-corrected chi connectivity index (χ2v) is 21.1. The standard InChI is InChI=1S/C45H72O17/c1-19-8-13-45(55-18-19)20(2)30-27(62-45)15-26-24-7-6-22-14-23(9-11-43(22,4)25(24)10-12-44(26,30)5)57-42-39(61-40-36(53)34(51)31(48)21(3)56-40)38(33(50)29(17-47)59-42)60-41-37(54)35(52)32(49)28(16-46)58-41/h6,19-21,23-42,46-54H,7-18H2,1-5H3/t19?,20?,21-,23+,24-,25?,26?,27?,28-,29-,30?,31-,32-,33-,34-,35-,36-,37-,38-,39-,40+,41+,42-,43+,44+,45?/m1/s1. The maximum Gasteiger partial charge on any atom is 0.187 e. The lowest BCUT2D eigenvalue weighted by atomic mass is 9.47. The quantitative estimate of drug-likeness (QED) is 0.148. The Morgan fingerprint density at radius 2 is 1.34 bits per heavy atom. The first-order chi connectivity index (χ1) is 29.4. The highest BCUT2D eigenvalue weighted by atomic mass is 16.8. The minimum absolute atomic E-state index is 0.0484. The van der Waals surface area contributed by atoms with E-state index in [0.29, 0.717) is 48.3 Å². The van der Waals surface area contributed by atoms with Gasteiger partial charge in [0.2, 0.25) is 0 Å². The molecule has 354 valence electrons. The van der Waals surface area contributed by atoms with Crippen molar-refractivity contribution < 1.29 is 83.9 Å². The molecule has 9 N–H and O–H groups in total. The molecule has 17 heteroatoms. The van der Waals surface area contributed by atoms with Crippen LogP contribution in [-0.2, 0) is 37.9 Å². The first-order valence-corrected chi connectivity index (χ1v) is 23.4. The predicted molar refractivity (Wildman–Crippen MR) is 214 cm³/mol. The maximum absolute atomic E-state index is 11.6. The SMILES string of the molecule is CC1CCC2(OC1)OC1CC3[C@@H]4CC=C5C[C@@H](O[C@@H]6O[C@H](CO)[C@@H](O)[C@@H](O[C@@H]7O[C@H](CO)[C@@H](O)[C@@H](O)[C@H]7O)[C@H]6O[C@@H]6O[C@H](C)[C@@H](O)[C@@H](O)[C@H]6O)CC[C@]5(C)C4CC[C@]3(C)C1C2C. The van der Waals surface area contributed by atoms with Gasteiger partial charge in [0, 0.05) is 12.3 Å². The summed E-state index contributed by atoms with van der Waals surface area (Å²) < 4.78 is 50.3. The van der Waals surface area contributed by atoms with Crippen molar-refractivity contribution in [2.24, 2.45) is 46.3 Å². The Hall–Kier alpha value is -0.940. The average molecular weight is 885 g/mol. The molecule has 26 atom stereocenters. The Morgan fingerprint density at radius 3 is 2.03 bits per heavy atom. The lowest BCUT2D eigenvalue weighted by Gasteiger charge is -2.59. The highest BCUT2D eigenvalue weighted by Crippen LogP contribution is 2.70. The van der Waals surface area contributed by atoms with E-state index in [0.717, 1.165) is 51.6 Å². The molecular formula is C45H72O17. The summed E-state index contributed by atoms with van der Waals surface area (Å²) in [6, 6.07) is 0. The second kappa shape index (κ2) is 17.3. The van der Waals surface area contributed by atoms with Crippen LogP contribution >= 0.6 is 0 Å². The second-order valence-electron chi connectivity index (χ2n) is 21.1. The normalized spacial score (nSPS) is 57.6. The Labute approximate surface area is 363 Å². The zero-order chi connectivity index (χ0) is 44.2. The van der Waals surface area contributed by atoms with Gasteiger partial charge in [-0.25, -0.2) is 0 Å². The van der Waals surface area contributed by atoms with Crippen LogP contribution in [0.2, 0.25) is 0 Å². The van der Waals surface area contributed by atoms with Gasteiger partial charge in [0.05, 0.1) is 38.1 Å². The third-order valence-corrected chi connectivity index (χ3v) is 17.7. The summed E-state index contributed by atoms with van der Waals surface area (Å²) in [5.41, 5.74) is 1.45. The van der Waals surface area contributed by atoms with Gasteiger partial charge in [0.1, 0.15) is 67.1 Å². The Balaban J connectivity index is 0.940. The molecule has 62 heavy (non-hydrogen) atoms. The van der Waals surface area contributed by atoms with Gasteiger partial charge < -0.3 is 83.9 Å². The zero-order valence-electron chi connectivity index (χ0n) is 36.6. The van der Waals surface area contributed by atoms with Gasteiger partial charge in [0.25, 0.3) is 0 Å². The van der Waals surface area contributed by atoms with Gasteiger partial charge in [-0.15, -0.1) is 0 Å². The van der Waals surface area contributed by atoms with Crippen molar-refractivity contribution in [2.75, 3.05) is 19.8 Å². The van der Waals surface area contributed by atoms with Crippen LogP contribution < -0.4 is 0 Å². The molecule has 0 aromatic carbocycles. The van der Waals surface area contributed by atoms with Crippen molar-refractivity contribution >= 4 is 0 Å². The fourth-order valence-corrected chi connectivity index (χ4v) is 14.0. The Kier molecular flexibility index (Phi) is 12.9. The molecule has 8 fully saturated rings. The summed E-state index contributed by atoms with van der Waals surface area (Å²) in [4.78, 5) is 0. The van der Waals surface area contributed by atoms with Crippen LogP contribution in [0.3, 0.4) is 0 Å². The van der Waals surface area contributed by atoms with Crippen molar-refractivity contribution in [2.45, 2.75) is 203 Å². The maximum atomic E-state index is 11.6. The summed E-state index contributed by atoms with van der Waals surface area (Å²) in [6.45, 7) is 10.4. The number of fused-ring (bicyclic) bond motifs is 7. The minimum Gasteiger partial charge on any atom is -0.394 e. The molecular weight excluding hydrogens is 812 g/mol. The summed E-state index contributed by atoms with van der Waals surface area (Å²) in [5.74, 6) is 2.52. The molecule has 0 aromatic rings. The molecule has 7 unspecified atom stereocenters. The fourth-order valence-electron chi connectivity index (χ4n) is 14.0. The molecule has 9 aliphatic rings. The van der Waals surface area contributed by atoms with Gasteiger partial charge in [-0.05, 0) is 98.7 Å². The van der Waals surface area contributed by atoms with Gasteiger partial charge in [-0.1, -0.05) is 39.3 Å². The summed E-state index contributed by atoms with van der Waals surface area (Å²) in [7, 11) is 0. The van der Waals surface area contributed by atoms with Crippen molar-refractivity contribution in [1.29, 1.82) is 0 Å². The molecule has 0 aromatic heterocycles. The summed E-state index contributed by atoms with van der Waals surface area (Å²) >= 11 is 0. The first-order valence-electron chi connectivity index (χ1n) is 23.4. The van der Waals surface area contributed by atoms with E-state index >= 15 is 0 Å². The van der Waals surface area contributed by atoms with Crippen LogP contribution in [0.25, 0.3) is 0 Å². The average Bonchev–Trinajstić information content (AvgIpc) is 3.70. The van der Waals surface area contributed by atoms with Crippen LogP contribution in [0.15, 0.2) is 11.6 Å². The number of hydrogen-bond donors (Lipinski definition) is 9. The summed E-state index contributed by atoms with van der Waals surface area (Å²) in [6.07, 6.45) is -12.4. The van der Waals surface area contributed by atoms with Crippen molar-refractivity contribution in [3.63, 3.8) is 0 Å². The van der Waals surface area contributed by atoms with E-state index in [1.165, 1.54) is 12.5 Å². The smallest absolute Gasteiger partial charge is 0.187 e. The van der Waals surface area contributed by atoms with Crippen molar-refractivity contribution in [3.05, 3.63) is 11.6 Å². The minimum atomic E-state index is -1.84. The highest BCUT2D eigenvalue weighted by Gasteiger charge is 2.69. The molecule has 0 bridgehead atoms. The van der Waals surface area contributed by atoms with Gasteiger partial charge in [-0.3, -0.25) is 0 Å².